The first-order valence-electron chi connectivity index (χ1n) is 10.2. The second-order valence-electron chi connectivity index (χ2n) is 7.20. The number of hydrogen-bond acceptors (Lipinski definition) is 5. The van der Waals surface area contributed by atoms with Crippen molar-refractivity contribution in [2.45, 2.75) is 13.5 Å². The topological polar surface area (TPSA) is 45.3 Å². The minimum atomic E-state index is 0.162. The van der Waals surface area contributed by atoms with Crippen molar-refractivity contribution in [3.8, 4) is 11.5 Å². The van der Waals surface area contributed by atoms with E-state index in [0.29, 0.717) is 31.1 Å². The third-order valence-corrected chi connectivity index (χ3v) is 5.41. The molecule has 1 amide bonds. The second-order valence-corrected chi connectivity index (χ2v) is 7.20. The smallest absolute Gasteiger partial charge is 0.237 e. The SMILES string of the molecule is CCN(Cc1ccc(OC)c(OC)c1)C(=O)CN1CCN(c2ccccc2)CC1. The molecule has 0 aromatic heterocycles. The summed E-state index contributed by atoms with van der Waals surface area (Å²) in [5.74, 6) is 1.54. The Hall–Kier alpha value is -2.73. The van der Waals surface area contributed by atoms with Crippen LogP contribution in [0.3, 0.4) is 0 Å². The van der Waals surface area contributed by atoms with Gasteiger partial charge in [-0.3, -0.25) is 9.69 Å². The number of rotatable bonds is 8. The lowest BCUT2D eigenvalue weighted by Gasteiger charge is -2.36. The van der Waals surface area contributed by atoms with E-state index in [-0.39, 0.29) is 5.91 Å². The Labute approximate surface area is 173 Å². The van der Waals surface area contributed by atoms with Gasteiger partial charge in [-0.25, -0.2) is 0 Å². The van der Waals surface area contributed by atoms with E-state index in [1.165, 1.54) is 5.69 Å². The van der Waals surface area contributed by atoms with Gasteiger partial charge >= 0.3 is 0 Å². The zero-order chi connectivity index (χ0) is 20.6. The van der Waals surface area contributed by atoms with E-state index in [9.17, 15) is 4.79 Å². The lowest BCUT2D eigenvalue weighted by molar-refractivity contribution is -0.132. The van der Waals surface area contributed by atoms with E-state index in [2.05, 4.69) is 34.1 Å². The lowest BCUT2D eigenvalue weighted by Crippen LogP contribution is -2.50. The van der Waals surface area contributed by atoms with Crippen LogP contribution in [0.15, 0.2) is 48.5 Å². The Kier molecular flexibility index (Phi) is 7.36. The van der Waals surface area contributed by atoms with E-state index in [1.54, 1.807) is 14.2 Å². The Bertz CT molecular complexity index is 789. The van der Waals surface area contributed by atoms with Gasteiger partial charge in [0.2, 0.25) is 5.91 Å². The van der Waals surface area contributed by atoms with Crippen molar-refractivity contribution >= 4 is 11.6 Å². The van der Waals surface area contributed by atoms with Crippen molar-refractivity contribution in [2.24, 2.45) is 0 Å². The maximum Gasteiger partial charge on any atom is 0.237 e. The summed E-state index contributed by atoms with van der Waals surface area (Å²) in [6.45, 7) is 7.41. The Morgan fingerprint density at radius 1 is 0.966 bits per heavy atom. The molecule has 3 rings (SSSR count). The summed E-state index contributed by atoms with van der Waals surface area (Å²) in [6.07, 6.45) is 0. The number of benzene rings is 2. The molecule has 0 spiro atoms. The molecular weight excluding hydrogens is 366 g/mol. The number of nitrogens with zero attached hydrogens (tertiary/aromatic N) is 3. The van der Waals surface area contributed by atoms with Crippen molar-refractivity contribution in [2.75, 3.05) is 58.4 Å². The number of carbonyl (C=O) groups excluding carboxylic acids is 1. The van der Waals surface area contributed by atoms with E-state index < -0.39 is 0 Å². The Balaban J connectivity index is 1.54. The zero-order valence-electron chi connectivity index (χ0n) is 17.6. The van der Waals surface area contributed by atoms with Crippen LogP contribution in [0.5, 0.6) is 11.5 Å². The van der Waals surface area contributed by atoms with Gasteiger partial charge in [-0.2, -0.15) is 0 Å². The van der Waals surface area contributed by atoms with Gasteiger partial charge in [0, 0.05) is 45.0 Å². The molecule has 1 heterocycles. The van der Waals surface area contributed by atoms with Crippen LogP contribution in [0.25, 0.3) is 0 Å². The quantitative estimate of drug-likeness (QED) is 0.685. The molecule has 2 aromatic rings. The second kappa shape index (κ2) is 10.2. The highest BCUT2D eigenvalue weighted by molar-refractivity contribution is 5.78. The van der Waals surface area contributed by atoms with Crippen LogP contribution in [0, 0.1) is 0 Å². The third-order valence-electron chi connectivity index (χ3n) is 5.41. The minimum Gasteiger partial charge on any atom is -0.493 e. The molecule has 29 heavy (non-hydrogen) atoms. The number of anilines is 1. The van der Waals surface area contributed by atoms with Gasteiger partial charge in [0.05, 0.1) is 20.8 Å². The fourth-order valence-electron chi connectivity index (χ4n) is 3.67. The summed E-state index contributed by atoms with van der Waals surface area (Å²) in [7, 11) is 3.25. The molecule has 1 fully saturated rings. The Morgan fingerprint density at radius 2 is 1.66 bits per heavy atom. The van der Waals surface area contributed by atoms with Crippen LogP contribution in [-0.2, 0) is 11.3 Å². The highest BCUT2D eigenvalue weighted by Crippen LogP contribution is 2.28. The summed E-state index contributed by atoms with van der Waals surface area (Å²) < 4.78 is 10.7. The number of likely N-dealkylation sites (N-methyl/N-ethyl adjacent to an activating group) is 1. The van der Waals surface area contributed by atoms with Gasteiger partial charge in [-0.05, 0) is 36.8 Å². The lowest BCUT2D eigenvalue weighted by atomic mass is 10.2. The number of carbonyl (C=O) groups is 1. The van der Waals surface area contributed by atoms with Gasteiger partial charge in [0.15, 0.2) is 11.5 Å². The molecular formula is C23H31N3O3. The monoisotopic (exact) mass is 397 g/mol. The molecule has 0 unspecified atom stereocenters. The minimum absolute atomic E-state index is 0.162. The van der Waals surface area contributed by atoms with Crippen LogP contribution >= 0.6 is 0 Å². The predicted molar refractivity (Wildman–Crippen MR) is 116 cm³/mol. The average molecular weight is 398 g/mol. The Morgan fingerprint density at radius 3 is 2.28 bits per heavy atom. The van der Waals surface area contributed by atoms with Crippen LogP contribution in [-0.4, -0.2) is 69.2 Å². The molecule has 0 aliphatic carbocycles. The molecule has 1 aliphatic rings. The summed E-state index contributed by atoms with van der Waals surface area (Å²) in [6, 6.07) is 16.3. The fraction of sp³-hybridized carbons (Fsp3) is 0.435. The number of hydrogen-bond donors (Lipinski definition) is 0. The molecule has 2 aromatic carbocycles. The van der Waals surface area contributed by atoms with Gasteiger partial charge < -0.3 is 19.3 Å². The van der Waals surface area contributed by atoms with Crippen molar-refractivity contribution in [3.63, 3.8) is 0 Å². The van der Waals surface area contributed by atoms with Gasteiger partial charge in [-0.15, -0.1) is 0 Å². The zero-order valence-corrected chi connectivity index (χ0v) is 17.6. The van der Waals surface area contributed by atoms with E-state index in [1.807, 2.05) is 36.1 Å². The molecule has 6 nitrogen and oxygen atoms in total. The number of ether oxygens (including phenoxy) is 2. The van der Waals surface area contributed by atoms with Crippen LogP contribution in [0.4, 0.5) is 5.69 Å². The summed E-state index contributed by atoms with van der Waals surface area (Å²) in [4.78, 5) is 19.4. The molecule has 156 valence electrons. The molecule has 0 bridgehead atoms. The number of piperazine rings is 1. The first kappa shape index (κ1) is 21.0. The molecule has 0 atom stereocenters. The van der Waals surface area contributed by atoms with Gasteiger partial charge in [-0.1, -0.05) is 24.3 Å². The normalized spacial score (nSPS) is 14.5. The van der Waals surface area contributed by atoms with Gasteiger partial charge in [0.25, 0.3) is 0 Å². The van der Waals surface area contributed by atoms with Crippen LogP contribution < -0.4 is 14.4 Å². The molecule has 1 saturated heterocycles. The number of para-hydroxylation sites is 1. The van der Waals surface area contributed by atoms with Crippen molar-refractivity contribution < 1.29 is 14.3 Å². The number of amides is 1. The number of methoxy groups -OCH3 is 2. The maximum absolute atomic E-state index is 12.9. The predicted octanol–water partition coefficient (Wildman–Crippen LogP) is 2.87. The first-order chi connectivity index (χ1) is 14.1. The first-order valence-corrected chi connectivity index (χ1v) is 10.2. The van der Waals surface area contributed by atoms with Crippen molar-refractivity contribution in [1.82, 2.24) is 9.80 Å². The largest absolute Gasteiger partial charge is 0.493 e. The fourth-order valence-corrected chi connectivity index (χ4v) is 3.67. The summed E-state index contributed by atoms with van der Waals surface area (Å²) >= 11 is 0. The average Bonchev–Trinajstić information content (AvgIpc) is 2.78. The summed E-state index contributed by atoms with van der Waals surface area (Å²) in [5.41, 5.74) is 2.29. The highest BCUT2D eigenvalue weighted by Gasteiger charge is 2.21. The van der Waals surface area contributed by atoms with E-state index >= 15 is 0 Å². The molecule has 6 heteroatoms. The van der Waals surface area contributed by atoms with E-state index in [4.69, 9.17) is 9.47 Å². The highest BCUT2D eigenvalue weighted by atomic mass is 16.5. The molecule has 1 aliphatic heterocycles. The van der Waals surface area contributed by atoms with Crippen molar-refractivity contribution in [3.05, 3.63) is 54.1 Å². The van der Waals surface area contributed by atoms with Crippen LogP contribution in [0.1, 0.15) is 12.5 Å². The third kappa shape index (κ3) is 5.41. The van der Waals surface area contributed by atoms with E-state index in [0.717, 1.165) is 31.7 Å². The van der Waals surface area contributed by atoms with Crippen LogP contribution in [0.2, 0.25) is 0 Å². The summed E-state index contributed by atoms with van der Waals surface area (Å²) in [5, 5.41) is 0. The van der Waals surface area contributed by atoms with Crippen molar-refractivity contribution in [1.29, 1.82) is 0 Å². The molecule has 0 radical (unpaired) electrons. The molecule has 0 saturated carbocycles. The maximum atomic E-state index is 12.9. The van der Waals surface area contributed by atoms with Gasteiger partial charge in [0.1, 0.15) is 0 Å². The molecule has 0 N–H and O–H groups in total. The standard InChI is InChI=1S/C23H31N3O3/c1-4-25(17-19-10-11-21(28-2)22(16-19)29-3)23(27)18-24-12-14-26(15-13-24)20-8-6-5-7-9-20/h5-11,16H,4,12-15,17-18H2,1-3H3.